The number of hydrogen-bond acceptors (Lipinski definition) is 5. The molecule has 0 aromatic heterocycles. The van der Waals surface area contributed by atoms with E-state index in [4.69, 9.17) is 9.47 Å². The minimum atomic E-state index is -0.259. The summed E-state index contributed by atoms with van der Waals surface area (Å²) in [6.07, 6.45) is 9.11. The fourth-order valence-corrected chi connectivity index (χ4v) is 3.27. The highest BCUT2D eigenvalue weighted by atomic mass is 16.5. The molecule has 1 aliphatic heterocycles. The lowest BCUT2D eigenvalue weighted by molar-refractivity contribution is -0.140. The second-order valence-electron chi connectivity index (χ2n) is 8.00. The number of ketones is 1. The highest BCUT2D eigenvalue weighted by molar-refractivity contribution is 5.97. The minimum absolute atomic E-state index is 0.100. The quantitative estimate of drug-likeness (QED) is 0.696. The summed E-state index contributed by atoms with van der Waals surface area (Å²) >= 11 is 0. The van der Waals surface area contributed by atoms with Crippen LogP contribution in [0, 0.1) is 17.3 Å². The number of esters is 1. The van der Waals surface area contributed by atoms with Gasteiger partial charge in [0, 0.05) is 24.5 Å². The van der Waals surface area contributed by atoms with E-state index in [1.54, 1.807) is 18.5 Å². The molecule has 1 unspecified atom stereocenters. The van der Waals surface area contributed by atoms with Crippen molar-refractivity contribution in [2.24, 2.45) is 17.3 Å². The van der Waals surface area contributed by atoms with Crippen molar-refractivity contribution < 1.29 is 19.1 Å². The van der Waals surface area contributed by atoms with E-state index >= 15 is 0 Å². The number of methoxy groups -OCH3 is 1. The van der Waals surface area contributed by atoms with Crippen molar-refractivity contribution in [1.82, 2.24) is 4.90 Å². The molecule has 142 valence electrons. The Kier molecular flexibility index (Phi) is 6.11. The second kappa shape index (κ2) is 7.94. The molecule has 0 saturated carbocycles. The zero-order valence-corrected chi connectivity index (χ0v) is 16.5. The smallest absolute Gasteiger partial charge is 0.307 e. The van der Waals surface area contributed by atoms with Gasteiger partial charge in [0.1, 0.15) is 12.0 Å². The van der Waals surface area contributed by atoms with Crippen LogP contribution < -0.4 is 0 Å². The number of carbonyl (C=O) groups is 2. The molecule has 0 aromatic carbocycles. The maximum absolute atomic E-state index is 12.6. The molecule has 5 nitrogen and oxygen atoms in total. The summed E-state index contributed by atoms with van der Waals surface area (Å²) in [4.78, 5) is 25.9. The summed E-state index contributed by atoms with van der Waals surface area (Å²) in [6, 6.07) is 0. The Morgan fingerprint density at radius 3 is 2.58 bits per heavy atom. The van der Waals surface area contributed by atoms with Gasteiger partial charge in [0.25, 0.3) is 0 Å². The zero-order chi connectivity index (χ0) is 19.5. The van der Waals surface area contributed by atoms with Crippen LogP contribution in [0.2, 0.25) is 0 Å². The van der Waals surface area contributed by atoms with Gasteiger partial charge in [-0.25, -0.2) is 0 Å². The van der Waals surface area contributed by atoms with Crippen LogP contribution in [0.25, 0.3) is 0 Å². The molecule has 1 heterocycles. The molecule has 1 atom stereocenters. The molecule has 0 N–H and O–H groups in total. The van der Waals surface area contributed by atoms with Crippen molar-refractivity contribution in [2.45, 2.75) is 41.0 Å². The maximum Gasteiger partial charge on any atom is 0.307 e. The summed E-state index contributed by atoms with van der Waals surface area (Å²) in [6.45, 7) is 11.0. The number of allylic oxidation sites excluding steroid dienone is 4. The van der Waals surface area contributed by atoms with Gasteiger partial charge in [0.15, 0.2) is 5.78 Å². The van der Waals surface area contributed by atoms with Gasteiger partial charge in [-0.05, 0) is 23.0 Å². The monoisotopic (exact) mass is 359 g/mol. The van der Waals surface area contributed by atoms with Crippen LogP contribution >= 0.6 is 0 Å². The number of hydrogen-bond donors (Lipinski definition) is 0. The van der Waals surface area contributed by atoms with Gasteiger partial charge in [0.2, 0.25) is 0 Å². The van der Waals surface area contributed by atoms with E-state index < -0.39 is 0 Å². The van der Waals surface area contributed by atoms with Gasteiger partial charge in [-0.1, -0.05) is 40.7 Å². The number of nitrogens with zero attached hydrogens (tertiary/aromatic N) is 1. The normalized spacial score (nSPS) is 20.4. The van der Waals surface area contributed by atoms with Crippen LogP contribution in [0.4, 0.5) is 0 Å². The van der Waals surface area contributed by atoms with Gasteiger partial charge in [-0.3, -0.25) is 9.59 Å². The molecule has 0 spiro atoms. The molecule has 26 heavy (non-hydrogen) atoms. The van der Waals surface area contributed by atoms with Crippen molar-refractivity contribution in [3.05, 3.63) is 47.7 Å². The molecule has 0 saturated heterocycles. The van der Waals surface area contributed by atoms with E-state index in [1.165, 1.54) is 7.11 Å². The fraction of sp³-hybridized carbons (Fsp3) is 0.524. The summed E-state index contributed by atoms with van der Waals surface area (Å²) in [5.41, 5.74) is 1.92. The molecule has 0 amide bonds. The summed E-state index contributed by atoms with van der Waals surface area (Å²) < 4.78 is 10.5. The number of rotatable bonds is 5. The van der Waals surface area contributed by atoms with Gasteiger partial charge >= 0.3 is 5.97 Å². The Bertz CT molecular complexity index is 689. The van der Waals surface area contributed by atoms with Gasteiger partial charge in [-0.15, -0.1) is 0 Å². The lowest BCUT2D eigenvalue weighted by Crippen LogP contribution is -2.30. The first-order valence-corrected chi connectivity index (χ1v) is 8.99. The first kappa shape index (κ1) is 20.0. The molecule has 0 fully saturated rings. The van der Waals surface area contributed by atoms with E-state index in [2.05, 4.69) is 34.6 Å². The van der Waals surface area contributed by atoms with Crippen molar-refractivity contribution >= 4 is 11.8 Å². The van der Waals surface area contributed by atoms with E-state index in [0.29, 0.717) is 12.3 Å². The Morgan fingerprint density at radius 2 is 2.00 bits per heavy atom. The van der Waals surface area contributed by atoms with Crippen molar-refractivity contribution in [1.29, 1.82) is 0 Å². The third kappa shape index (κ3) is 4.45. The van der Waals surface area contributed by atoms with Crippen molar-refractivity contribution in [2.75, 3.05) is 13.7 Å². The lowest BCUT2D eigenvalue weighted by atomic mass is 9.71. The summed E-state index contributed by atoms with van der Waals surface area (Å²) in [5, 5.41) is 0. The second-order valence-corrected chi connectivity index (χ2v) is 8.00. The number of ether oxygens (including phenoxy) is 2. The molecule has 0 bridgehead atoms. The molecule has 2 aliphatic rings. The standard InChI is InChI=1S/C21H29NO4/c1-14(2)19-16(23)8-7-15(21(3,4)5)20(19)17-13-22(11-12-26-17)10-9-18(24)25-6/h7-8,11-14,19H,9-10H2,1-6H3. The lowest BCUT2D eigenvalue weighted by Gasteiger charge is -2.34. The Hall–Kier alpha value is -2.30. The van der Waals surface area contributed by atoms with Gasteiger partial charge in [0.05, 0.1) is 19.4 Å². The minimum Gasteiger partial charge on any atom is -0.469 e. The number of carbonyl (C=O) groups excluding carboxylic acids is 2. The highest BCUT2D eigenvalue weighted by Crippen LogP contribution is 2.42. The topological polar surface area (TPSA) is 55.8 Å². The van der Waals surface area contributed by atoms with Gasteiger partial charge in [-0.2, -0.15) is 0 Å². The molecular formula is C21H29NO4. The molecule has 2 rings (SSSR count). The van der Waals surface area contributed by atoms with E-state index in [0.717, 1.165) is 11.1 Å². The first-order chi connectivity index (χ1) is 12.1. The van der Waals surface area contributed by atoms with Crippen LogP contribution in [0.3, 0.4) is 0 Å². The van der Waals surface area contributed by atoms with Crippen LogP contribution in [-0.4, -0.2) is 30.3 Å². The van der Waals surface area contributed by atoms with Crippen LogP contribution in [0.5, 0.6) is 0 Å². The van der Waals surface area contributed by atoms with Crippen LogP contribution in [-0.2, 0) is 19.1 Å². The Morgan fingerprint density at radius 1 is 1.31 bits per heavy atom. The third-order valence-electron chi connectivity index (χ3n) is 4.59. The molecular weight excluding hydrogens is 330 g/mol. The molecule has 5 heteroatoms. The SMILES string of the molecule is COC(=O)CCN1C=COC(C2=C(C(C)(C)C)C=CC(=O)C2C(C)C)=C1. The van der Waals surface area contributed by atoms with Crippen LogP contribution in [0.15, 0.2) is 47.7 Å². The van der Waals surface area contributed by atoms with E-state index in [1.807, 2.05) is 17.2 Å². The van der Waals surface area contributed by atoms with Crippen LogP contribution in [0.1, 0.15) is 41.0 Å². The molecule has 0 radical (unpaired) electrons. The van der Waals surface area contributed by atoms with Gasteiger partial charge < -0.3 is 14.4 Å². The third-order valence-corrected chi connectivity index (χ3v) is 4.59. The predicted molar refractivity (Wildman–Crippen MR) is 101 cm³/mol. The average Bonchev–Trinajstić information content (AvgIpc) is 2.58. The predicted octanol–water partition coefficient (Wildman–Crippen LogP) is 3.95. The van der Waals surface area contributed by atoms with E-state index in [-0.39, 0.29) is 35.4 Å². The first-order valence-electron chi connectivity index (χ1n) is 8.99. The largest absolute Gasteiger partial charge is 0.469 e. The molecule has 0 aromatic rings. The van der Waals surface area contributed by atoms with Crippen molar-refractivity contribution in [3.8, 4) is 0 Å². The zero-order valence-electron chi connectivity index (χ0n) is 16.5. The summed E-state index contributed by atoms with van der Waals surface area (Å²) in [5.74, 6) is 0.417. The fourth-order valence-electron chi connectivity index (χ4n) is 3.27. The Labute approximate surface area is 156 Å². The maximum atomic E-state index is 12.6. The highest BCUT2D eigenvalue weighted by Gasteiger charge is 2.36. The van der Waals surface area contributed by atoms with E-state index in [9.17, 15) is 9.59 Å². The molecule has 1 aliphatic carbocycles. The van der Waals surface area contributed by atoms with Crippen molar-refractivity contribution in [3.63, 3.8) is 0 Å². The average molecular weight is 359 g/mol. The Balaban J connectivity index is 2.43. The summed E-state index contributed by atoms with van der Waals surface area (Å²) in [7, 11) is 1.38.